The molecule has 2 aromatic heterocycles. The fraction of sp³-hybridized carbons (Fsp3) is 0.176. The SMILES string of the molecule is CCc1nc2c(C)cc(Br)cn2c1C(=O)Nc1ccc(Cl)cc1. The number of hydrogen-bond acceptors (Lipinski definition) is 2. The summed E-state index contributed by atoms with van der Waals surface area (Å²) in [6.45, 7) is 3.97. The minimum absolute atomic E-state index is 0.186. The van der Waals surface area contributed by atoms with Crippen LogP contribution in [0.5, 0.6) is 0 Å². The summed E-state index contributed by atoms with van der Waals surface area (Å²) in [6, 6.07) is 9.02. The fourth-order valence-electron chi connectivity index (χ4n) is 2.53. The Labute approximate surface area is 147 Å². The van der Waals surface area contributed by atoms with Gasteiger partial charge in [0.25, 0.3) is 5.91 Å². The number of nitrogens with one attached hydrogen (secondary N) is 1. The monoisotopic (exact) mass is 391 g/mol. The maximum Gasteiger partial charge on any atom is 0.274 e. The molecule has 23 heavy (non-hydrogen) atoms. The van der Waals surface area contributed by atoms with Gasteiger partial charge in [-0.15, -0.1) is 0 Å². The van der Waals surface area contributed by atoms with Crippen LogP contribution in [0.1, 0.15) is 28.7 Å². The highest BCUT2D eigenvalue weighted by Crippen LogP contribution is 2.22. The summed E-state index contributed by atoms with van der Waals surface area (Å²) in [5.41, 5.74) is 3.84. The van der Waals surface area contributed by atoms with E-state index in [4.69, 9.17) is 11.6 Å². The zero-order valence-corrected chi connectivity index (χ0v) is 15.1. The van der Waals surface area contributed by atoms with Crippen LogP contribution in [0.2, 0.25) is 5.02 Å². The van der Waals surface area contributed by atoms with Gasteiger partial charge in [-0.2, -0.15) is 0 Å². The van der Waals surface area contributed by atoms with Crippen molar-refractivity contribution in [2.45, 2.75) is 20.3 Å². The zero-order valence-electron chi connectivity index (χ0n) is 12.7. The average Bonchev–Trinajstić information content (AvgIpc) is 2.88. The van der Waals surface area contributed by atoms with Crippen LogP contribution in [0.3, 0.4) is 0 Å². The molecule has 0 spiro atoms. The van der Waals surface area contributed by atoms with E-state index >= 15 is 0 Å². The predicted octanol–water partition coefficient (Wildman–Crippen LogP) is 4.87. The molecule has 118 valence electrons. The van der Waals surface area contributed by atoms with Gasteiger partial charge in [0, 0.05) is 21.4 Å². The van der Waals surface area contributed by atoms with E-state index in [1.54, 1.807) is 24.3 Å². The lowest BCUT2D eigenvalue weighted by Gasteiger charge is -2.07. The van der Waals surface area contributed by atoms with E-state index in [1.807, 2.05) is 30.5 Å². The highest BCUT2D eigenvalue weighted by molar-refractivity contribution is 9.10. The number of amides is 1. The Hall–Kier alpha value is -1.85. The van der Waals surface area contributed by atoms with Crippen LogP contribution in [0.15, 0.2) is 41.0 Å². The molecule has 0 aliphatic rings. The van der Waals surface area contributed by atoms with Crippen LogP contribution in [0, 0.1) is 6.92 Å². The van der Waals surface area contributed by atoms with Crippen molar-refractivity contribution in [3.05, 3.63) is 63.0 Å². The van der Waals surface area contributed by atoms with Gasteiger partial charge in [0.05, 0.1) is 5.69 Å². The highest BCUT2D eigenvalue weighted by atomic mass is 79.9. The van der Waals surface area contributed by atoms with Crippen molar-refractivity contribution in [1.29, 1.82) is 0 Å². The van der Waals surface area contributed by atoms with E-state index < -0.39 is 0 Å². The molecule has 3 aromatic rings. The number of imidazole rings is 1. The van der Waals surface area contributed by atoms with E-state index in [0.717, 1.165) is 21.4 Å². The number of nitrogens with zero attached hydrogens (tertiary/aromatic N) is 2. The van der Waals surface area contributed by atoms with Crippen LogP contribution in [0.25, 0.3) is 5.65 Å². The van der Waals surface area contributed by atoms with Gasteiger partial charge in [-0.25, -0.2) is 4.98 Å². The van der Waals surface area contributed by atoms with Crippen LogP contribution in [-0.4, -0.2) is 15.3 Å². The molecule has 0 aliphatic carbocycles. The van der Waals surface area contributed by atoms with Crippen LogP contribution >= 0.6 is 27.5 Å². The standard InChI is InChI=1S/C17H15BrClN3O/c1-3-14-15(17(23)20-13-6-4-12(19)5-7-13)22-9-11(18)8-10(2)16(22)21-14/h4-9H,3H2,1-2H3,(H,20,23). The molecular weight excluding hydrogens is 378 g/mol. The molecule has 4 nitrogen and oxygen atoms in total. The third-order valence-corrected chi connectivity index (χ3v) is 4.28. The second-order valence-corrected chi connectivity index (χ2v) is 6.61. The van der Waals surface area contributed by atoms with Gasteiger partial charge in [0.1, 0.15) is 11.3 Å². The van der Waals surface area contributed by atoms with Crippen LogP contribution in [-0.2, 0) is 6.42 Å². The van der Waals surface area contributed by atoms with Crippen molar-refractivity contribution in [2.24, 2.45) is 0 Å². The van der Waals surface area contributed by atoms with Crippen molar-refractivity contribution in [3.8, 4) is 0 Å². The Morgan fingerprint density at radius 1 is 1.35 bits per heavy atom. The molecule has 0 saturated heterocycles. The summed E-state index contributed by atoms with van der Waals surface area (Å²) in [5, 5.41) is 3.53. The summed E-state index contributed by atoms with van der Waals surface area (Å²) in [5.74, 6) is -0.186. The van der Waals surface area contributed by atoms with Crippen LogP contribution in [0.4, 0.5) is 5.69 Å². The second-order valence-electron chi connectivity index (χ2n) is 5.26. The summed E-state index contributed by atoms with van der Waals surface area (Å²) in [7, 11) is 0. The first-order valence-corrected chi connectivity index (χ1v) is 8.40. The predicted molar refractivity (Wildman–Crippen MR) is 96.4 cm³/mol. The first-order chi connectivity index (χ1) is 11.0. The third kappa shape index (κ3) is 3.12. The van der Waals surface area contributed by atoms with Crippen molar-refractivity contribution < 1.29 is 4.79 Å². The van der Waals surface area contributed by atoms with Gasteiger partial charge in [-0.1, -0.05) is 18.5 Å². The molecule has 0 unspecified atom stereocenters. The van der Waals surface area contributed by atoms with Crippen molar-refractivity contribution >= 4 is 44.8 Å². The Morgan fingerprint density at radius 3 is 2.70 bits per heavy atom. The maximum absolute atomic E-state index is 12.8. The number of benzene rings is 1. The lowest BCUT2D eigenvalue weighted by Crippen LogP contribution is -2.16. The number of rotatable bonds is 3. The van der Waals surface area contributed by atoms with Gasteiger partial charge >= 0.3 is 0 Å². The number of pyridine rings is 1. The molecule has 0 aliphatic heterocycles. The zero-order chi connectivity index (χ0) is 16.6. The molecule has 0 bridgehead atoms. The second kappa shape index (κ2) is 6.34. The number of aryl methyl sites for hydroxylation is 2. The molecule has 0 saturated carbocycles. The first-order valence-electron chi connectivity index (χ1n) is 7.23. The largest absolute Gasteiger partial charge is 0.321 e. The Morgan fingerprint density at radius 2 is 2.04 bits per heavy atom. The summed E-state index contributed by atoms with van der Waals surface area (Å²) >= 11 is 9.35. The third-order valence-electron chi connectivity index (χ3n) is 3.59. The van der Waals surface area contributed by atoms with E-state index in [9.17, 15) is 4.79 Å². The number of fused-ring (bicyclic) bond motifs is 1. The Balaban J connectivity index is 2.07. The molecule has 6 heteroatoms. The van der Waals surface area contributed by atoms with Gasteiger partial charge in [-0.3, -0.25) is 9.20 Å². The summed E-state index contributed by atoms with van der Waals surface area (Å²) in [6.07, 6.45) is 2.55. The van der Waals surface area contributed by atoms with Crippen molar-refractivity contribution in [3.63, 3.8) is 0 Å². The molecule has 3 rings (SSSR count). The normalized spacial score (nSPS) is 11.0. The van der Waals surface area contributed by atoms with E-state index in [1.165, 1.54) is 0 Å². The topological polar surface area (TPSA) is 46.4 Å². The lowest BCUT2D eigenvalue weighted by molar-refractivity contribution is 0.102. The minimum Gasteiger partial charge on any atom is -0.321 e. The smallest absolute Gasteiger partial charge is 0.274 e. The lowest BCUT2D eigenvalue weighted by atomic mass is 10.2. The summed E-state index contributed by atoms with van der Waals surface area (Å²) in [4.78, 5) is 17.4. The van der Waals surface area contributed by atoms with Gasteiger partial charge in [-0.05, 0) is 65.2 Å². The van der Waals surface area contributed by atoms with E-state index in [-0.39, 0.29) is 5.91 Å². The van der Waals surface area contributed by atoms with Gasteiger partial charge in [0.15, 0.2) is 0 Å². The molecule has 2 heterocycles. The number of aromatic nitrogens is 2. The number of carbonyl (C=O) groups excluding carboxylic acids is 1. The quantitative estimate of drug-likeness (QED) is 0.691. The Kier molecular flexibility index (Phi) is 4.41. The molecular formula is C17H15BrClN3O. The Bertz CT molecular complexity index is 887. The number of anilines is 1. The first kappa shape index (κ1) is 16.0. The fourth-order valence-corrected chi connectivity index (χ4v) is 3.20. The van der Waals surface area contributed by atoms with Gasteiger partial charge < -0.3 is 5.32 Å². The number of halogens is 2. The summed E-state index contributed by atoms with van der Waals surface area (Å²) < 4.78 is 2.74. The molecule has 1 amide bonds. The molecule has 0 atom stereocenters. The van der Waals surface area contributed by atoms with Gasteiger partial charge in [0.2, 0.25) is 0 Å². The van der Waals surface area contributed by atoms with E-state index in [2.05, 4.69) is 26.2 Å². The average molecular weight is 393 g/mol. The molecule has 0 fully saturated rings. The number of hydrogen-bond donors (Lipinski definition) is 1. The molecule has 1 N–H and O–H groups in total. The van der Waals surface area contributed by atoms with Crippen molar-refractivity contribution in [1.82, 2.24) is 9.38 Å². The highest BCUT2D eigenvalue weighted by Gasteiger charge is 2.19. The molecule has 1 aromatic carbocycles. The van der Waals surface area contributed by atoms with E-state index in [0.29, 0.717) is 22.8 Å². The molecule has 0 radical (unpaired) electrons. The van der Waals surface area contributed by atoms with Crippen molar-refractivity contribution in [2.75, 3.05) is 5.32 Å². The number of carbonyl (C=O) groups is 1. The minimum atomic E-state index is -0.186. The van der Waals surface area contributed by atoms with Crippen LogP contribution < -0.4 is 5.32 Å². The maximum atomic E-state index is 12.8.